The Labute approximate surface area is 79.7 Å². The van der Waals surface area contributed by atoms with Gasteiger partial charge < -0.3 is 9.53 Å². The van der Waals surface area contributed by atoms with Crippen molar-refractivity contribution in [3.63, 3.8) is 0 Å². The SMILES string of the molecule is CC1(C)CC1CC1(C=O)CCCO1. The fraction of sp³-hybridized carbons (Fsp3) is 0.909. The smallest absolute Gasteiger partial charge is 0.151 e. The van der Waals surface area contributed by atoms with E-state index in [2.05, 4.69) is 13.8 Å². The van der Waals surface area contributed by atoms with Gasteiger partial charge in [0.1, 0.15) is 5.60 Å². The lowest BCUT2D eigenvalue weighted by atomic mass is 9.92. The second-order valence-electron chi connectivity index (χ2n) is 5.23. The van der Waals surface area contributed by atoms with Crippen molar-refractivity contribution in [2.45, 2.75) is 45.1 Å². The Hall–Kier alpha value is -0.370. The molecule has 0 aromatic carbocycles. The topological polar surface area (TPSA) is 26.3 Å². The Kier molecular flexibility index (Phi) is 1.99. The van der Waals surface area contributed by atoms with E-state index in [0.29, 0.717) is 11.3 Å². The maximum atomic E-state index is 11.0. The molecule has 0 N–H and O–H groups in total. The van der Waals surface area contributed by atoms with Gasteiger partial charge in [-0.2, -0.15) is 0 Å². The molecule has 0 amide bonds. The van der Waals surface area contributed by atoms with E-state index in [4.69, 9.17) is 4.74 Å². The highest BCUT2D eigenvalue weighted by atomic mass is 16.5. The molecule has 1 aliphatic carbocycles. The van der Waals surface area contributed by atoms with Gasteiger partial charge in [-0.05, 0) is 37.0 Å². The van der Waals surface area contributed by atoms with Crippen LogP contribution in [0.2, 0.25) is 0 Å². The average Bonchev–Trinajstić information content (AvgIpc) is 2.52. The molecule has 2 atom stereocenters. The fourth-order valence-corrected chi connectivity index (χ4v) is 2.36. The maximum absolute atomic E-state index is 11.0. The lowest BCUT2D eigenvalue weighted by Crippen LogP contribution is -2.30. The minimum absolute atomic E-state index is 0.404. The average molecular weight is 182 g/mol. The van der Waals surface area contributed by atoms with Crippen LogP contribution in [0.1, 0.15) is 39.5 Å². The van der Waals surface area contributed by atoms with Crippen molar-refractivity contribution in [2.24, 2.45) is 11.3 Å². The van der Waals surface area contributed by atoms with Gasteiger partial charge in [-0.3, -0.25) is 0 Å². The lowest BCUT2D eigenvalue weighted by Gasteiger charge is -2.21. The zero-order valence-corrected chi connectivity index (χ0v) is 8.51. The van der Waals surface area contributed by atoms with E-state index in [0.717, 1.165) is 32.2 Å². The zero-order chi connectivity index (χ0) is 9.53. The molecule has 0 radical (unpaired) electrons. The first-order chi connectivity index (χ1) is 6.08. The van der Waals surface area contributed by atoms with E-state index in [9.17, 15) is 4.79 Å². The van der Waals surface area contributed by atoms with Crippen LogP contribution in [0.3, 0.4) is 0 Å². The van der Waals surface area contributed by atoms with E-state index < -0.39 is 5.60 Å². The summed E-state index contributed by atoms with van der Waals surface area (Å²) >= 11 is 0. The minimum Gasteiger partial charge on any atom is -0.368 e. The molecule has 2 heteroatoms. The molecule has 1 heterocycles. The number of hydrogen-bond donors (Lipinski definition) is 0. The van der Waals surface area contributed by atoms with Gasteiger partial charge >= 0.3 is 0 Å². The van der Waals surface area contributed by atoms with Gasteiger partial charge in [0.2, 0.25) is 0 Å². The summed E-state index contributed by atoms with van der Waals surface area (Å²) in [4.78, 5) is 11.0. The highest BCUT2D eigenvalue weighted by Gasteiger charge is 2.50. The van der Waals surface area contributed by atoms with Gasteiger partial charge in [0.05, 0.1) is 0 Å². The standard InChI is InChI=1S/C11H18O2/c1-10(2)6-9(10)7-11(8-12)4-3-5-13-11/h8-9H,3-7H2,1-2H3. The van der Waals surface area contributed by atoms with E-state index in [1.807, 2.05) is 0 Å². The van der Waals surface area contributed by atoms with Crippen molar-refractivity contribution in [3.05, 3.63) is 0 Å². The highest BCUT2D eigenvalue weighted by molar-refractivity contribution is 5.63. The molecule has 2 unspecified atom stereocenters. The van der Waals surface area contributed by atoms with Gasteiger partial charge in [-0.15, -0.1) is 0 Å². The second-order valence-corrected chi connectivity index (χ2v) is 5.23. The monoisotopic (exact) mass is 182 g/mol. The summed E-state index contributed by atoms with van der Waals surface area (Å²) < 4.78 is 5.57. The summed E-state index contributed by atoms with van der Waals surface area (Å²) in [6.45, 7) is 5.31. The summed E-state index contributed by atoms with van der Waals surface area (Å²) in [6, 6.07) is 0. The predicted octanol–water partition coefficient (Wildman–Crippen LogP) is 2.17. The summed E-state index contributed by atoms with van der Waals surface area (Å²) in [7, 11) is 0. The number of ether oxygens (including phenoxy) is 1. The van der Waals surface area contributed by atoms with Crippen LogP contribution in [-0.4, -0.2) is 18.5 Å². The molecular weight excluding hydrogens is 164 g/mol. The van der Waals surface area contributed by atoms with Gasteiger partial charge in [-0.1, -0.05) is 13.8 Å². The molecule has 0 aromatic rings. The van der Waals surface area contributed by atoms with E-state index >= 15 is 0 Å². The summed E-state index contributed by atoms with van der Waals surface area (Å²) in [5.74, 6) is 0.704. The Morgan fingerprint density at radius 1 is 1.54 bits per heavy atom. The van der Waals surface area contributed by atoms with Crippen molar-refractivity contribution in [2.75, 3.05) is 6.61 Å². The van der Waals surface area contributed by atoms with Crippen molar-refractivity contribution < 1.29 is 9.53 Å². The van der Waals surface area contributed by atoms with Crippen molar-refractivity contribution in [1.82, 2.24) is 0 Å². The van der Waals surface area contributed by atoms with Gasteiger partial charge in [0, 0.05) is 6.61 Å². The molecule has 1 aliphatic heterocycles. The number of rotatable bonds is 3. The highest BCUT2D eigenvalue weighted by Crippen LogP contribution is 2.56. The lowest BCUT2D eigenvalue weighted by molar-refractivity contribution is -0.127. The Morgan fingerprint density at radius 3 is 2.62 bits per heavy atom. The van der Waals surface area contributed by atoms with E-state index in [1.165, 1.54) is 6.42 Å². The van der Waals surface area contributed by atoms with Crippen LogP contribution in [0.4, 0.5) is 0 Å². The van der Waals surface area contributed by atoms with Gasteiger partial charge in [0.15, 0.2) is 6.29 Å². The van der Waals surface area contributed by atoms with Crippen LogP contribution in [0, 0.1) is 11.3 Å². The van der Waals surface area contributed by atoms with Crippen LogP contribution in [0.25, 0.3) is 0 Å². The first kappa shape index (κ1) is 9.20. The zero-order valence-electron chi connectivity index (χ0n) is 8.51. The van der Waals surface area contributed by atoms with Gasteiger partial charge in [-0.25, -0.2) is 0 Å². The molecule has 2 nitrogen and oxygen atoms in total. The molecule has 74 valence electrons. The molecular formula is C11H18O2. The van der Waals surface area contributed by atoms with E-state index in [-0.39, 0.29) is 0 Å². The third kappa shape index (κ3) is 1.64. The molecule has 2 fully saturated rings. The van der Waals surface area contributed by atoms with Crippen LogP contribution in [0.5, 0.6) is 0 Å². The summed E-state index contributed by atoms with van der Waals surface area (Å²) in [5.41, 5.74) is 0.0559. The van der Waals surface area contributed by atoms with Crippen LogP contribution >= 0.6 is 0 Å². The molecule has 0 aromatic heterocycles. The molecule has 0 bridgehead atoms. The second kappa shape index (κ2) is 2.81. The molecule has 2 rings (SSSR count). The Bertz CT molecular complexity index is 214. The first-order valence-electron chi connectivity index (χ1n) is 5.18. The maximum Gasteiger partial charge on any atom is 0.151 e. The predicted molar refractivity (Wildman–Crippen MR) is 50.5 cm³/mol. The fourth-order valence-electron chi connectivity index (χ4n) is 2.36. The van der Waals surface area contributed by atoms with E-state index in [1.54, 1.807) is 0 Å². The minimum atomic E-state index is -0.404. The third-order valence-electron chi connectivity index (χ3n) is 3.66. The van der Waals surface area contributed by atoms with Crippen molar-refractivity contribution >= 4 is 6.29 Å². The largest absolute Gasteiger partial charge is 0.368 e. The molecule has 1 saturated carbocycles. The van der Waals surface area contributed by atoms with Crippen molar-refractivity contribution in [1.29, 1.82) is 0 Å². The summed E-state index contributed by atoms with van der Waals surface area (Å²) in [5, 5.41) is 0. The number of carbonyl (C=O) groups is 1. The first-order valence-corrected chi connectivity index (χ1v) is 5.18. The normalized spacial score (nSPS) is 41.8. The van der Waals surface area contributed by atoms with Crippen LogP contribution < -0.4 is 0 Å². The van der Waals surface area contributed by atoms with Crippen LogP contribution in [-0.2, 0) is 9.53 Å². The third-order valence-corrected chi connectivity index (χ3v) is 3.66. The summed E-state index contributed by atoms with van der Waals surface area (Å²) in [6.07, 6.45) is 5.22. The Morgan fingerprint density at radius 2 is 2.23 bits per heavy atom. The quantitative estimate of drug-likeness (QED) is 0.625. The molecule has 13 heavy (non-hydrogen) atoms. The number of aldehydes is 1. The number of carbonyl (C=O) groups excluding carboxylic acids is 1. The molecule has 1 saturated heterocycles. The molecule has 0 spiro atoms. The van der Waals surface area contributed by atoms with Gasteiger partial charge in [0.25, 0.3) is 0 Å². The molecule has 2 aliphatic rings. The Balaban J connectivity index is 1.95. The number of hydrogen-bond acceptors (Lipinski definition) is 2. The van der Waals surface area contributed by atoms with Crippen molar-refractivity contribution in [3.8, 4) is 0 Å². The van der Waals surface area contributed by atoms with Crippen LogP contribution in [0.15, 0.2) is 0 Å².